The lowest BCUT2D eigenvalue weighted by Gasteiger charge is -2.21. The maximum absolute atomic E-state index is 2.66. The van der Waals surface area contributed by atoms with Gasteiger partial charge in [0.15, 0.2) is 0 Å². The number of hydrogen-bond acceptors (Lipinski definition) is 1. The summed E-state index contributed by atoms with van der Waals surface area (Å²) < 4.78 is 0. The highest BCUT2D eigenvalue weighted by atomic mass is 15.1. The van der Waals surface area contributed by atoms with E-state index >= 15 is 0 Å². The molecule has 0 spiro atoms. The van der Waals surface area contributed by atoms with Gasteiger partial charge >= 0.3 is 0 Å². The fourth-order valence-corrected chi connectivity index (χ4v) is 5.24. The zero-order valence-corrected chi connectivity index (χ0v) is 19.8. The maximum atomic E-state index is 2.66. The van der Waals surface area contributed by atoms with Crippen LogP contribution in [0.15, 0.2) is 42.5 Å². The second-order valence-electron chi connectivity index (χ2n) is 9.49. The first-order chi connectivity index (χ1) is 14.7. The van der Waals surface area contributed by atoms with E-state index in [0.717, 1.165) is 18.9 Å². The molecule has 0 saturated heterocycles. The third kappa shape index (κ3) is 6.98. The van der Waals surface area contributed by atoms with Crippen LogP contribution in [0.5, 0.6) is 0 Å². The second kappa shape index (κ2) is 12.3. The predicted octanol–water partition coefficient (Wildman–Crippen LogP) is 7.53. The standard InChI is InChI=1S/C29H43N/c1-4-10-25(11-5-2)13-8-14-26-17-18-29-23-30(20-9-16-28(29)22-26)21-19-27-15-7-6-12-24(27)3/h6-7,12,15,17-18,22,25H,4-5,8-11,13-14,16,19-21,23H2,1-3H3. The van der Waals surface area contributed by atoms with Gasteiger partial charge in [-0.1, -0.05) is 88.4 Å². The minimum Gasteiger partial charge on any atom is -0.299 e. The number of nitrogens with zero attached hydrogens (tertiary/aromatic N) is 1. The van der Waals surface area contributed by atoms with Crippen molar-refractivity contribution in [1.29, 1.82) is 0 Å². The highest BCUT2D eigenvalue weighted by Crippen LogP contribution is 2.24. The van der Waals surface area contributed by atoms with Crippen LogP contribution in [0, 0.1) is 12.8 Å². The summed E-state index contributed by atoms with van der Waals surface area (Å²) >= 11 is 0. The van der Waals surface area contributed by atoms with E-state index in [4.69, 9.17) is 0 Å². The highest BCUT2D eigenvalue weighted by Gasteiger charge is 2.15. The molecule has 1 aliphatic rings. The van der Waals surface area contributed by atoms with Crippen molar-refractivity contribution in [2.45, 2.75) is 91.5 Å². The summed E-state index contributed by atoms with van der Waals surface area (Å²) in [6.07, 6.45) is 13.2. The lowest BCUT2D eigenvalue weighted by molar-refractivity contribution is 0.273. The molecule has 0 unspecified atom stereocenters. The molecular weight excluding hydrogens is 362 g/mol. The Morgan fingerprint density at radius 1 is 0.900 bits per heavy atom. The Morgan fingerprint density at radius 3 is 2.47 bits per heavy atom. The molecule has 0 atom stereocenters. The Morgan fingerprint density at radius 2 is 1.70 bits per heavy atom. The molecular formula is C29H43N. The topological polar surface area (TPSA) is 3.24 Å². The summed E-state index contributed by atoms with van der Waals surface area (Å²) in [5, 5.41) is 0. The van der Waals surface area contributed by atoms with Crippen LogP contribution in [0.3, 0.4) is 0 Å². The van der Waals surface area contributed by atoms with Crippen LogP contribution < -0.4 is 0 Å². The molecule has 0 radical (unpaired) electrons. The zero-order valence-electron chi connectivity index (χ0n) is 19.8. The lowest BCUT2D eigenvalue weighted by Crippen LogP contribution is -2.26. The summed E-state index contributed by atoms with van der Waals surface area (Å²) in [5.41, 5.74) is 7.67. The molecule has 0 aromatic heterocycles. The molecule has 1 nitrogen and oxygen atoms in total. The normalized spacial score (nSPS) is 14.7. The van der Waals surface area contributed by atoms with Crippen LogP contribution in [0.1, 0.15) is 86.6 Å². The highest BCUT2D eigenvalue weighted by molar-refractivity contribution is 5.33. The molecule has 1 heterocycles. The van der Waals surface area contributed by atoms with Crippen LogP contribution >= 0.6 is 0 Å². The Balaban J connectivity index is 1.52. The van der Waals surface area contributed by atoms with Gasteiger partial charge in [-0.15, -0.1) is 0 Å². The zero-order chi connectivity index (χ0) is 21.2. The van der Waals surface area contributed by atoms with Crippen molar-refractivity contribution >= 4 is 0 Å². The van der Waals surface area contributed by atoms with Crippen molar-refractivity contribution in [3.63, 3.8) is 0 Å². The first-order valence-electron chi connectivity index (χ1n) is 12.6. The third-order valence-electron chi connectivity index (χ3n) is 7.02. The van der Waals surface area contributed by atoms with E-state index < -0.39 is 0 Å². The van der Waals surface area contributed by atoms with Gasteiger partial charge in [-0.3, -0.25) is 4.90 Å². The maximum Gasteiger partial charge on any atom is 0.0236 e. The van der Waals surface area contributed by atoms with Gasteiger partial charge in [-0.25, -0.2) is 0 Å². The smallest absolute Gasteiger partial charge is 0.0236 e. The van der Waals surface area contributed by atoms with Crippen molar-refractivity contribution in [3.05, 3.63) is 70.3 Å². The molecule has 2 aromatic carbocycles. The van der Waals surface area contributed by atoms with Crippen molar-refractivity contribution in [1.82, 2.24) is 4.90 Å². The van der Waals surface area contributed by atoms with Crippen LogP contribution in [-0.4, -0.2) is 18.0 Å². The molecule has 1 heteroatoms. The molecule has 0 bridgehead atoms. The molecule has 0 amide bonds. The molecule has 30 heavy (non-hydrogen) atoms. The van der Waals surface area contributed by atoms with Crippen LogP contribution in [0.4, 0.5) is 0 Å². The van der Waals surface area contributed by atoms with Gasteiger partial charge < -0.3 is 0 Å². The van der Waals surface area contributed by atoms with Gasteiger partial charge in [-0.05, 0) is 79.3 Å². The summed E-state index contributed by atoms with van der Waals surface area (Å²) in [6, 6.07) is 16.2. The van der Waals surface area contributed by atoms with E-state index in [1.807, 2.05) is 0 Å². The van der Waals surface area contributed by atoms with Crippen LogP contribution in [0.25, 0.3) is 0 Å². The average Bonchev–Trinajstić information content (AvgIpc) is 2.95. The minimum absolute atomic E-state index is 0.947. The Hall–Kier alpha value is -1.60. The Kier molecular flexibility index (Phi) is 9.46. The number of rotatable bonds is 11. The Bertz CT molecular complexity index is 757. The monoisotopic (exact) mass is 405 g/mol. The quantitative estimate of drug-likeness (QED) is 0.373. The van der Waals surface area contributed by atoms with Crippen molar-refractivity contribution < 1.29 is 0 Å². The molecule has 164 valence electrons. The number of aryl methyl sites for hydroxylation is 3. The summed E-state index contributed by atoms with van der Waals surface area (Å²) in [5.74, 6) is 0.947. The fourth-order valence-electron chi connectivity index (χ4n) is 5.24. The summed E-state index contributed by atoms with van der Waals surface area (Å²) in [7, 11) is 0. The summed E-state index contributed by atoms with van der Waals surface area (Å²) in [6.45, 7) is 10.4. The predicted molar refractivity (Wildman–Crippen MR) is 131 cm³/mol. The molecule has 0 N–H and O–H groups in total. The van der Waals surface area contributed by atoms with Gasteiger partial charge in [0.1, 0.15) is 0 Å². The molecule has 0 aliphatic carbocycles. The second-order valence-corrected chi connectivity index (χ2v) is 9.49. The molecule has 2 aromatic rings. The van der Waals surface area contributed by atoms with Crippen molar-refractivity contribution in [2.75, 3.05) is 13.1 Å². The SMILES string of the molecule is CCCC(CCC)CCCc1ccc2c(c1)CCCN(CCc1ccccc1C)C2. The van der Waals surface area contributed by atoms with Crippen LogP contribution in [-0.2, 0) is 25.8 Å². The van der Waals surface area contributed by atoms with Gasteiger partial charge in [0.05, 0.1) is 0 Å². The van der Waals surface area contributed by atoms with Crippen molar-refractivity contribution in [2.24, 2.45) is 5.92 Å². The first-order valence-corrected chi connectivity index (χ1v) is 12.6. The van der Waals surface area contributed by atoms with Gasteiger partial charge in [0.25, 0.3) is 0 Å². The molecule has 0 saturated carbocycles. The fraction of sp³-hybridized carbons (Fsp3) is 0.586. The van der Waals surface area contributed by atoms with Gasteiger partial charge in [-0.2, -0.15) is 0 Å². The molecule has 0 fully saturated rings. The minimum atomic E-state index is 0.947. The van der Waals surface area contributed by atoms with E-state index in [9.17, 15) is 0 Å². The number of hydrogen-bond donors (Lipinski definition) is 0. The largest absolute Gasteiger partial charge is 0.299 e. The number of fused-ring (bicyclic) bond motifs is 1. The van der Waals surface area contributed by atoms with E-state index in [0.29, 0.717) is 0 Å². The summed E-state index contributed by atoms with van der Waals surface area (Å²) in [4.78, 5) is 2.66. The first kappa shape index (κ1) is 23.1. The molecule has 3 rings (SSSR count). The van der Waals surface area contributed by atoms with E-state index in [-0.39, 0.29) is 0 Å². The van der Waals surface area contributed by atoms with E-state index in [1.54, 1.807) is 16.7 Å². The third-order valence-corrected chi connectivity index (χ3v) is 7.02. The van der Waals surface area contributed by atoms with Gasteiger partial charge in [0.2, 0.25) is 0 Å². The van der Waals surface area contributed by atoms with E-state index in [1.165, 1.54) is 82.0 Å². The average molecular weight is 406 g/mol. The van der Waals surface area contributed by atoms with Crippen molar-refractivity contribution in [3.8, 4) is 0 Å². The van der Waals surface area contributed by atoms with Gasteiger partial charge in [0, 0.05) is 13.1 Å². The van der Waals surface area contributed by atoms with Crippen LogP contribution in [0.2, 0.25) is 0 Å². The van der Waals surface area contributed by atoms with E-state index in [2.05, 4.69) is 68.1 Å². The Labute approximate surface area is 185 Å². The lowest BCUT2D eigenvalue weighted by atomic mass is 9.91. The number of benzene rings is 2. The molecule has 1 aliphatic heterocycles.